The number of carbonyl (C=O) groups is 1. The quantitative estimate of drug-likeness (QED) is 0.536. The van der Waals surface area contributed by atoms with Gasteiger partial charge in [0.25, 0.3) is 0 Å². The van der Waals surface area contributed by atoms with E-state index in [0.29, 0.717) is 17.2 Å². The average molecular weight is 370 g/mol. The molecule has 0 amide bonds. The van der Waals surface area contributed by atoms with Crippen molar-refractivity contribution < 1.29 is 28.8 Å². The van der Waals surface area contributed by atoms with E-state index in [1.54, 1.807) is 43.5 Å². The normalized spacial score (nSPS) is 11.1. The number of phenols is 1. The Morgan fingerprint density at radius 1 is 0.889 bits per heavy atom. The van der Waals surface area contributed by atoms with E-state index in [1.165, 1.54) is 32.4 Å². The van der Waals surface area contributed by atoms with Crippen LogP contribution in [0, 0.1) is 0 Å². The summed E-state index contributed by atoms with van der Waals surface area (Å²) < 4.78 is 20.6. The van der Waals surface area contributed by atoms with E-state index in [2.05, 4.69) is 0 Å². The van der Waals surface area contributed by atoms with Crippen LogP contribution in [0.3, 0.4) is 0 Å². The number of allylic oxidation sites excluding steroid dienone is 2. The summed E-state index contributed by atoms with van der Waals surface area (Å²) in [6.45, 7) is 0.122. The maximum absolute atomic E-state index is 12.0. The highest BCUT2D eigenvalue weighted by molar-refractivity contribution is 6.04. The summed E-state index contributed by atoms with van der Waals surface area (Å²) in [6.07, 6.45) is 6.23. The first-order valence-electron chi connectivity index (χ1n) is 8.14. The van der Waals surface area contributed by atoms with Crippen LogP contribution < -0.4 is 14.2 Å². The molecule has 6 heteroatoms. The summed E-state index contributed by atoms with van der Waals surface area (Å²) in [4.78, 5) is 12.0. The van der Waals surface area contributed by atoms with E-state index in [1.807, 2.05) is 6.07 Å². The van der Waals surface area contributed by atoms with Crippen LogP contribution in [0.15, 0.2) is 48.6 Å². The Labute approximate surface area is 158 Å². The Morgan fingerprint density at radius 2 is 1.48 bits per heavy atom. The van der Waals surface area contributed by atoms with Crippen molar-refractivity contribution >= 4 is 17.9 Å². The molecular formula is C21H22O6. The first-order chi connectivity index (χ1) is 13.1. The molecule has 2 aromatic carbocycles. The van der Waals surface area contributed by atoms with E-state index >= 15 is 0 Å². The molecule has 0 atom stereocenters. The van der Waals surface area contributed by atoms with Crippen LogP contribution in [0.2, 0.25) is 0 Å². The Morgan fingerprint density at radius 3 is 2.07 bits per heavy atom. The first kappa shape index (κ1) is 20.1. The zero-order valence-electron chi connectivity index (χ0n) is 15.5. The van der Waals surface area contributed by atoms with Crippen molar-refractivity contribution in [3.05, 3.63) is 59.7 Å². The minimum absolute atomic E-state index is 0.0488. The predicted molar refractivity (Wildman–Crippen MR) is 103 cm³/mol. The summed E-state index contributed by atoms with van der Waals surface area (Å²) in [5.74, 6) is 1.33. The predicted octanol–water partition coefficient (Wildman–Crippen LogP) is 3.69. The van der Waals surface area contributed by atoms with Gasteiger partial charge in [0.1, 0.15) is 0 Å². The van der Waals surface area contributed by atoms with Gasteiger partial charge in [-0.1, -0.05) is 24.3 Å². The Kier molecular flexibility index (Phi) is 7.46. The van der Waals surface area contributed by atoms with Crippen LogP contribution in [0.25, 0.3) is 12.2 Å². The van der Waals surface area contributed by atoms with Gasteiger partial charge < -0.3 is 24.1 Å². The SMILES string of the molecule is COCOc1ccc(C=CC(=O)C=Cc2ccc(O)c(OC)c2)cc1OC. The van der Waals surface area contributed by atoms with E-state index in [9.17, 15) is 9.90 Å². The molecule has 0 radical (unpaired) electrons. The zero-order chi connectivity index (χ0) is 19.6. The molecule has 0 saturated carbocycles. The molecule has 0 saturated heterocycles. The molecule has 0 aliphatic heterocycles. The van der Waals surface area contributed by atoms with Crippen LogP contribution in [0.1, 0.15) is 11.1 Å². The monoisotopic (exact) mass is 370 g/mol. The molecule has 0 aliphatic carbocycles. The number of benzene rings is 2. The van der Waals surface area contributed by atoms with Crippen molar-refractivity contribution in [3.8, 4) is 23.0 Å². The number of aromatic hydroxyl groups is 1. The molecule has 6 nitrogen and oxygen atoms in total. The number of phenolic OH excluding ortho intramolecular Hbond substituents is 1. The van der Waals surface area contributed by atoms with Gasteiger partial charge in [-0.3, -0.25) is 4.79 Å². The van der Waals surface area contributed by atoms with E-state index in [0.717, 1.165) is 11.1 Å². The molecule has 0 aliphatic rings. The topological polar surface area (TPSA) is 74.2 Å². The van der Waals surface area contributed by atoms with Crippen molar-refractivity contribution in [3.63, 3.8) is 0 Å². The molecule has 0 unspecified atom stereocenters. The molecule has 1 N–H and O–H groups in total. The van der Waals surface area contributed by atoms with Crippen LogP contribution in [0.5, 0.6) is 23.0 Å². The molecule has 2 aromatic rings. The van der Waals surface area contributed by atoms with Gasteiger partial charge >= 0.3 is 0 Å². The summed E-state index contributed by atoms with van der Waals surface area (Å²) in [6, 6.07) is 10.2. The van der Waals surface area contributed by atoms with Crippen molar-refractivity contribution in [1.82, 2.24) is 0 Å². The van der Waals surface area contributed by atoms with Crippen molar-refractivity contribution in [1.29, 1.82) is 0 Å². The molecule has 0 heterocycles. The Hall–Kier alpha value is -3.25. The lowest BCUT2D eigenvalue weighted by Gasteiger charge is -2.10. The Balaban J connectivity index is 2.05. The highest BCUT2D eigenvalue weighted by atomic mass is 16.7. The van der Waals surface area contributed by atoms with Gasteiger partial charge in [-0.25, -0.2) is 0 Å². The molecule has 142 valence electrons. The van der Waals surface area contributed by atoms with E-state index in [4.69, 9.17) is 18.9 Å². The molecule has 27 heavy (non-hydrogen) atoms. The van der Waals surface area contributed by atoms with Crippen molar-refractivity contribution in [2.45, 2.75) is 0 Å². The van der Waals surface area contributed by atoms with Gasteiger partial charge in [0.05, 0.1) is 14.2 Å². The van der Waals surface area contributed by atoms with E-state index < -0.39 is 0 Å². The summed E-state index contributed by atoms with van der Waals surface area (Å²) >= 11 is 0. The van der Waals surface area contributed by atoms with Crippen LogP contribution in [-0.2, 0) is 9.53 Å². The zero-order valence-corrected chi connectivity index (χ0v) is 15.5. The summed E-state index contributed by atoms with van der Waals surface area (Å²) in [7, 11) is 4.55. The lowest BCUT2D eigenvalue weighted by atomic mass is 10.1. The van der Waals surface area contributed by atoms with Gasteiger partial charge in [-0.05, 0) is 47.5 Å². The number of methoxy groups -OCH3 is 3. The third-order valence-corrected chi connectivity index (χ3v) is 3.60. The number of carbonyl (C=O) groups excluding carboxylic acids is 1. The van der Waals surface area contributed by atoms with Crippen LogP contribution in [0.4, 0.5) is 0 Å². The molecular weight excluding hydrogens is 348 g/mol. The lowest BCUT2D eigenvalue weighted by Crippen LogP contribution is -2.00. The fraction of sp³-hybridized carbons (Fsp3) is 0.190. The number of rotatable bonds is 9. The lowest BCUT2D eigenvalue weighted by molar-refractivity contribution is -0.110. The van der Waals surface area contributed by atoms with Crippen molar-refractivity contribution in [2.75, 3.05) is 28.1 Å². The minimum atomic E-state index is -0.180. The van der Waals surface area contributed by atoms with Gasteiger partial charge in [-0.15, -0.1) is 0 Å². The first-order valence-corrected chi connectivity index (χ1v) is 8.14. The summed E-state index contributed by atoms with van der Waals surface area (Å²) in [5.41, 5.74) is 1.54. The second-order valence-corrected chi connectivity index (χ2v) is 5.46. The fourth-order valence-corrected chi connectivity index (χ4v) is 2.24. The minimum Gasteiger partial charge on any atom is -0.504 e. The highest BCUT2D eigenvalue weighted by Crippen LogP contribution is 2.29. The van der Waals surface area contributed by atoms with Crippen LogP contribution in [-0.4, -0.2) is 39.0 Å². The number of hydrogen-bond acceptors (Lipinski definition) is 6. The van der Waals surface area contributed by atoms with E-state index in [-0.39, 0.29) is 18.3 Å². The highest BCUT2D eigenvalue weighted by Gasteiger charge is 2.05. The molecule has 0 spiro atoms. The third kappa shape index (κ3) is 5.90. The van der Waals surface area contributed by atoms with Crippen LogP contribution >= 0.6 is 0 Å². The largest absolute Gasteiger partial charge is 0.504 e. The Bertz CT molecular complexity index is 839. The number of ether oxygens (including phenoxy) is 4. The van der Waals surface area contributed by atoms with Crippen molar-refractivity contribution in [2.24, 2.45) is 0 Å². The molecule has 0 aromatic heterocycles. The summed E-state index contributed by atoms with van der Waals surface area (Å²) in [5, 5.41) is 9.58. The number of ketones is 1. The molecule has 0 bridgehead atoms. The van der Waals surface area contributed by atoms with Gasteiger partial charge in [0.15, 0.2) is 35.6 Å². The standard InChI is InChI=1S/C21H22O6/c1-24-14-27-19-11-7-16(13-21(19)26-3)5-9-17(22)8-4-15-6-10-18(23)20(12-15)25-2/h4-13,23H,14H2,1-3H3. The molecule has 2 rings (SSSR count). The number of hydrogen-bond donors (Lipinski definition) is 1. The second-order valence-electron chi connectivity index (χ2n) is 5.46. The second kappa shape index (κ2) is 10.0. The molecule has 0 fully saturated rings. The maximum Gasteiger partial charge on any atom is 0.188 e. The third-order valence-electron chi connectivity index (χ3n) is 3.60. The van der Waals surface area contributed by atoms with Gasteiger partial charge in [-0.2, -0.15) is 0 Å². The van der Waals surface area contributed by atoms with Gasteiger partial charge in [0.2, 0.25) is 0 Å². The van der Waals surface area contributed by atoms with Gasteiger partial charge in [0, 0.05) is 7.11 Å². The average Bonchev–Trinajstić information content (AvgIpc) is 2.70. The fourth-order valence-electron chi connectivity index (χ4n) is 2.24. The smallest absolute Gasteiger partial charge is 0.188 e. The maximum atomic E-state index is 12.0.